The van der Waals surface area contributed by atoms with Crippen LogP contribution >= 0.6 is 0 Å². The Balaban J connectivity index is 1.93. The molecule has 0 atom stereocenters. The Morgan fingerprint density at radius 1 is 1.31 bits per heavy atom. The van der Waals surface area contributed by atoms with Gasteiger partial charge in [0.2, 0.25) is 0 Å². The van der Waals surface area contributed by atoms with Crippen LogP contribution in [-0.2, 0) is 6.42 Å². The smallest absolute Gasteiger partial charge is 0.319 e. The molecule has 0 aliphatic carbocycles. The van der Waals surface area contributed by atoms with E-state index in [0.717, 1.165) is 37.3 Å². The summed E-state index contributed by atoms with van der Waals surface area (Å²) in [6.07, 6.45) is 0.826. The number of anilines is 1. The van der Waals surface area contributed by atoms with E-state index in [0.29, 0.717) is 0 Å². The quantitative estimate of drug-likeness (QED) is 0.776. The second-order valence-electron chi connectivity index (χ2n) is 4.14. The van der Waals surface area contributed by atoms with Crippen LogP contribution in [0.5, 0.6) is 0 Å². The first-order valence-electron chi connectivity index (χ1n) is 5.52. The summed E-state index contributed by atoms with van der Waals surface area (Å²) in [5.74, 6) is 0. The van der Waals surface area contributed by atoms with Gasteiger partial charge in [0, 0.05) is 32.4 Å². The average Bonchev–Trinajstić information content (AvgIpc) is 2.59. The Labute approximate surface area is 95.6 Å². The van der Waals surface area contributed by atoms with Gasteiger partial charge in [0.25, 0.3) is 0 Å². The molecule has 0 spiro atoms. The number of para-hydroxylation sites is 1. The summed E-state index contributed by atoms with van der Waals surface area (Å²) in [4.78, 5) is 15.2. The van der Waals surface area contributed by atoms with E-state index in [-0.39, 0.29) is 6.03 Å². The zero-order valence-corrected chi connectivity index (χ0v) is 9.52. The highest BCUT2D eigenvalue weighted by molar-refractivity contribution is 5.76. The van der Waals surface area contributed by atoms with Crippen molar-refractivity contribution in [3.63, 3.8) is 0 Å². The van der Waals surface area contributed by atoms with E-state index in [1.54, 1.807) is 4.90 Å². The predicted molar refractivity (Wildman–Crippen MR) is 64.2 cm³/mol. The number of hydrogen-bond acceptors (Lipinski definition) is 2. The van der Waals surface area contributed by atoms with Gasteiger partial charge < -0.3 is 15.5 Å². The lowest BCUT2D eigenvalue weighted by Gasteiger charge is -2.16. The number of hydrogen-bond donors (Lipinski definition) is 1. The number of amides is 2. The number of rotatable bonds is 3. The number of likely N-dealkylation sites (N-methyl/N-ethyl adjacent to an activating group) is 1. The lowest BCUT2D eigenvalue weighted by atomic mass is 10.1. The first-order chi connectivity index (χ1) is 7.68. The minimum Gasteiger partial charge on any atom is -0.399 e. The topological polar surface area (TPSA) is 49.6 Å². The maximum Gasteiger partial charge on any atom is 0.319 e. The average molecular weight is 219 g/mol. The summed E-state index contributed by atoms with van der Waals surface area (Å²) in [7, 11) is 1.83. The van der Waals surface area contributed by atoms with Crippen molar-refractivity contribution in [3.05, 3.63) is 29.8 Å². The van der Waals surface area contributed by atoms with Crippen molar-refractivity contribution >= 4 is 11.7 Å². The van der Waals surface area contributed by atoms with Gasteiger partial charge in [-0.3, -0.25) is 0 Å². The molecule has 1 aliphatic rings. The summed E-state index contributed by atoms with van der Waals surface area (Å²) in [6.45, 7) is 2.39. The van der Waals surface area contributed by atoms with E-state index in [1.807, 2.05) is 36.2 Å². The number of benzene rings is 1. The van der Waals surface area contributed by atoms with E-state index in [2.05, 4.69) is 0 Å². The molecule has 2 amide bonds. The van der Waals surface area contributed by atoms with Crippen LogP contribution in [0.3, 0.4) is 0 Å². The molecule has 2 rings (SSSR count). The Hall–Kier alpha value is -1.71. The second kappa shape index (κ2) is 4.43. The summed E-state index contributed by atoms with van der Waals surface area (Å²) in [5, 5.41) is 0. The molecule has 0 radical (unpaired) electrons. The minimum absolute atomic E-state index is 0.120. The number of nitrogens with two attached hydrogens (primary N) is 1. The van der Waals surface area contributed by atoms with Crippen molar-refractivity contribution in [3.8, 4) is 0 Å². The van der Waals surface area contributed by atoms with Gasteiger partial charge in [-0.15, -0.1) is 0 Å². The van der Waals surface area contributed by atoms with E-state index in [1.165, 1.54) is 0 Å². The molecule has 0 aromatic heterocycles. The number of urea groups is 1. The standard InChI is InChI=1S/C12H17N3O/c1-14-8-9-15(12(14)16)7-6-10-4-2-3-5-11(10)13/h2-5H,6-9,13H2,1H3. The van der Waals surface area contributed by atoms with Crippen LogP contribution in [0.15, 0.2) is 24.3 Å². The van der Waals surface area contributed by atoms with Crippen molar-refractivity contribution in [2.24, 2.45) is 0 Å². The van der Waals surface area contributed by atoms with Crippen LogP contribution < -0.4 is 5.73 Å². The van der Waals surface area contributed by atoms with Crippen molar-refractivity contribution in [2.75, 3.05) is 32.4 Å². The summed E-state index contributed by atoms with van der Waals surface area (Å²) < 4.78 is 0. The van der Waals surface area contributed by atoms with Crippen molar-refractivity contribution in [1.29, 1.82) is 0 Å². The number of carbonyl (C=O) groups is 1. The molecule has 0 saturated carbocycles. The third-order valence-corrected chi connectivity index (χ3v) is 3.01. The molecule has 1 aliphatic heterocycles. The van der Waals surface area contributed by atoms with E-state index < -0.39 is 0 Å². The van der Waals surface area contributed by atoms with E-state index in [9.17, 15) is 4.79 Å². The van der Waals surface area contributed by atoms with Crippen LogP contribution in [0.25, 0.3) is 0 Å². The Bertz CT molecular complexity index is 392. The van der Waals surface area contributed by atoms with E-state index >= 15 is 0 Å². The van der Waals surface area contributed by atoms with Gasteiger partial charge in [-0.2, -0.15) is 0 Å². The molecule has 1 saturated heterocycles. The molecule has 2 N–H and O–H groups in total. The summed E-state index contributed by atoms with van der Waals surface area (Å²) >= 11 is 0. The first-order valence-corrected chi connectivity index (χ1v) is 5.52. The maximum absolute atomic E-state index is 11.6. The number of nitrogen functional groups attached to an aromatic ring is 1. The van der Waals surface area contributed by atoms with Crippen LogP contribution in [0, 0.1) is 0 Å². The molecule has 4 heteroatoms. The fourth-order valence-corrected chi connectivity index (χ4v) is 1.93. The number of nitrogens with zero attached hydrogens (tertiary/aromatic N) is 2. The second-order valence-corrected chi connectivity index (χ2v) is 4.14. The molecular weight excluding hydrogens is 202 g/mol. The lowest BCUT2D eigenvalue weighted by Crippen LogP contribution is -2.31. The van der Waals surface area contributed by atoms with Gasteiger partial charge in [-0.05, 0) is 18.1 Å². The fraction of sp³-hybridized carbons (Fsp3) is 0.417. The van der Waals surface area contributed by atoms with Gasteiger partial charge in [-0.25, -0.2) is 4.79 Å². The fourth-order valence-electron chi connectivity index (χ4n) is 1.93. The first kappa shape index (κ1) is 10.8. The van der Waals surface area contributed by atoms with Crippen molar-refractivity contribution in [1.82, 2.24) is 9.80 Å². The van der Waals surface area contributed by atoms with Gasteiger partial charge in [0.05, 0.1) is 0 Å². The van der Waals surface area contributed by atoms with Gasteiger partial charge >= 0.3 is 6.03 Å². The molecule has 0 unspecified atom stereocenters. The molecule has 1 aromatic rings. The predicted octanol–water partition coefficient (Wildman–Crippen LogP) is 1.18. The molecule has 86 valence electrons. The normalized spacial score (nSPS) is 15.9. The highest BCUT2D eigenvalue weighted by atomic mass is 16.2. The van der Waals surface area contributed by atoms with Gasteiger partial charge in [-0.1, -0.05) is 18.2 Å². The molecule has 1 aromatic carbocycles. The molecule has 0 bridgehead atoms. The van der Waals surface area contributed by atoms with Crippen molar-refractivity contribution in [2.45, 2.75) is 6.42 Å². The van der Waals surface area contributed by atoms with Gasteiger partial charge in [0.15, 0.2) is 0 Å². The SMILES string of the molecule is CN1CCN(CCc2ccccc2N)C1=O. The Morgan fingerprint density at radius 2 is 2.06 bits per heavy atom. The monoisotopic (exact) mass is 219 g/mol. The van der Waals surface area contributed by atoms with Crippen molar-refractivity contribution < 1.29 is 4.79 Å². The van der Waals surface area contributed by atoms with Crippen LogP contribution in [-0.4, -0.2) is 42.5 Å². The van der Waals surface area contributed by atoms with Crippen LogP contribution in [0.4, 0.5) is 10.5 Å². The highest BCUT2D eigenvalue weighted by Gasteiger charge is 2.24. The third kappa shape index (κ3) is 2.10. The lowest BCUT2D eigenvalue weighted by molar-refractivity contribution is 0.199. The molecule has 4 nitrogen and oxygen atoms in total. The largest absolute Gasteiger partial charge is 0.399 e. The molecule has 1 heterocycles. The van der Waals surface area contributed by atoms with Crippen LogP contribution in [0.1, 0.15) is 5.56 Å². The Morgan fingerprint density at radius 3 is 2.69 bits per heavy atom. The third-order valence-electron chi connectivity index (χ3n) is 3.01. The van der Waals surface area contributed by atoms with Gasteiger partial charge in [0.1, 0.15) is 0 Å². The summed E-state index contributed by atoms with van der Waals surface area (Å²) in [6, 6.07) is 7.93. The number of carbonyl (C=O) groups excluding carboxylic acids is 1. The molecular formula is C12H17N3O. The zero-order chi connectivity index (χ0) is 11.5. The molecule has 1 fully saturated rings. The highest BCUT2D eigenvalue weighted by Crippen LogP contribution is 2.13. The Kier molecular flexibility index (Phi) is 2.99. The van der Waals surface area contributed by atoms with Crippen LogP contribution in [0.2, 0.25) is 0 Å². The zero-order valence-electron chi connectivity index (χ0n) is 9.52. The van der Waals surface area contributed by atoms with E-state index in [4.69, 9.17) is 5.73 Å². The summed E-state index contributed by atoms with van der Waals surface area (Å²) in [5.41, 5.74) is 7.78. The molecule has 16 heavy (non-hydrogen) atoms. The minimum atomic E-state index is 0.120. The maximum atomic E-state index is 11.6.